The summed E-state index contributed by atoms with van der Waals surface area (Å²) >= 11 is 0. The molecule has 0 spiro atoms. The maximum Gasteiger partial charge on any atom is 0.422 e. The largest absolute Gasteiger partial charge is 0.494 e. The molecule has 3 aromatic heterocycles. The number of ether oxygens (including phenoxy) is 2. The van der Waals surface area contributed by atoms with Crippen LogP contribution in [0.15, 0.2) is 79.5 Å². The molecule has 226 valence electrons. The maximum atomic E-state index is 14.8. The van der Waals surface area contributed by atoms with Crippen LogP contribution >= 0.6 is 0 Å². The van der Waals surface area contributed by atoms with E-state index in [0.29, 0.717) is 22.2 Å². The molecule has 2 atom stereocenters. The zero-order valence-electron chi connectivity index (χ0n) is 23.6. The van der Waals surface area contributed by atoms with E-state index >= 15 is 0 Å². The van der Waals surface area contributed by atoms with Crippen molar-refractivity contribution in [3.8, 4) is 22.8 Å². The van der Waals surface area contributed by atoms with Crippen molar-refractivity contribution in [2.45, 2.75) is 37.1 Å². The molecule has 0 radical (unpaired) electrons. The van der Waals surface area contributed by atoms with Gasteiger partial charge in [-0.1, -0.05) is 6.07 Å². The van der Waals surface area contributed by atoms with Crippen molar-refractivity contribution >= 4 is 16.7 Å². The first-order chi connectivity index (χ1) is 20.9. The number of fused-ring (bicyclic) bond motifs is 2. The molecule has 1 aliphatic heterocycles. The molecule has 0 unspecified atom stereocenters. The van der Waals surface area contributed by atoms with Crippen molar-refractivity contribution in [3.63, 3.8) is 0 Å². The Bertz CT molecular complexity index is 1860. The highest BCUT2D eigenvalue weighted by atomic mass is 19.4. The number of hydrogen-bond donors (Lipinski definition) is 1. The molecule has 1 N–H and O–H groups in total. The van der Waals surface area contributed by atoms with Gasteiger partial charge in [0.15, 0.2) is 11.5 Å². The molecule has 0 saturated heterocycles. The van der Waals surface area contributed by atoms with Crippen LogP contribution in [-0.2, 0) is 11.1 Å². The Kier molecular flexibility index (Phi) is 7.11. The van der Waals surface area contributed by atoms with E-state index in [2.05, 4.69) is 15.0 Å². The van der Waals surface area contributed by atoms with Crippen LogP contribution in [-0.4, -0.2) is 50.3 Å². The first-order valence-electron chi connectivity index (χ1n) is 13.6. The number of halogens is 4. The molecule has 0 bridgehead atoms. The summed E-state index contributed by atoms with van der Waals surface area (Å²) < 4.78 is 71.3. The van der Waals surface area contributed by atoms with Gasteiger partial charge in [0.25, 0.3) is 0 Å². The van der Waals surface area contributed by atoms with Gasteiger partial charge in [0.05, 0.1) is 19.1 Å². The number of ketones is 1. The van der Waals surface area contributed by atoms with E-state index in [-0.39, 0.29) is 29.2 Å². The molecule has 8 nitrogen and oxygen atoms in total. The maximum absolute atomic E-state index is 14.8. The number of hydrogen-bond acceptors (Lipinski definition) is 7. The second-order valence-corrected chi connectivity index (χ2v) is 10.8. The number of rotatable bonds is 8. The minimum Gasteiger partial charge on any atom is -0.494 e. The summed E-state index contributed by atoms with van der Waals surface area (Å²) in [6.07, 6.45) is -0.643. The molecule has 4 heterocycles. The van der Waals surface area contributed by atoms with Crippen LogP contribution in [0.25, 0.3) is 22.2 Å². The number of Topliss-reactive ketones (excluding diaryl/α,β-unsaturated/α-hetero) is 1. The van der Waals surface area contributed by atoms with Crippen LogP contribution in [0.3, 0.4) is 0 Å². The van der Waals surface area contributed by atoms with E-state index in [1.54, 1.807) is 36.0 Å². The van der Waals surface area contributed by atoms with Gasteiger partial charge in [-0.25, -0.2) is 14.4 Å². The molecule has 1 aliphatic rings. The SMILES string of the molecule is COc1cc(C(=O)CC[C@](O)(c2cc3c(c(-c4ccc(F)cc4)n2)OC[C@]3(C)n2ccnc2)C(F)(F)F)cc2cccnc12. The molecule has 0 saturated carbocycles. The smallest absolute Gasteiger partial charge is 0.422 e. The van der Waals surface area contributed by atoms with Crippen molar-refractivity contribution in [3.05, 3.63) is 102 Å². The summed E-state index contributed by atoms with van der Waals surface area (Å²) in [6.45, 7) is 1.80. The van der Waals surface area contributed by atoms with Gasteiger partial charge in [-0.2, -0.15) is 13.2 Å². The predicted molar refractivity (Wildman–Crippen MR) is 152 cm³/mol. The Morgan fingerprint density at radius 2 is 1.91 bits per heavy atom. The molecule has 0 aliphatic carbocycles. The molecule has 6 rings (SSSR count). The Morgan fingerprint density at radius 3 is 2.59 bits per heavy atom. The zero-order valence-corrected chi connectivity index (χ0v) is 23.6. The fourth-order valence-corrected chi connectivity index (χ4v) is 5.48. The second kappa shape index (κ2) is 10.7. The topological polar surface area (TPSA) is 99.4 Å². The average molecular weight is 607 g/mol. The minimum absolute atomic E-state index is 0.00195. The number of imidazole rings is 1. The first kappa shape index (κ1) is 29.2. The summed E-state index contributed by atoms with van der Waals surface area (Å²) in [5, 5.41) is 12.0. The van der Waals surface area contributed by atoms with Crippen molar-refractivity contribution < 1.29 is 36.9 Å². The van der Waals surface area contributed by atoms with E-state index in [1.165, 1.54) is 43.9 Å². The third-order valence-electron chi connectivity index (χ3n) is 8.06. The van der Waals surface area contributed by atoms with Gasteiger partial charge in [-0.05, 0) is 61.9 Å². The van der Waals surface area contributed by atoms with Crippen LogP contribution in [0.4, 0.5) is 17.6 Å². The van der Waals surface area contributed by atoms with Crippen molar-refractivity contribution in [2.75, 3.05) is 13.7 Å². The summed E-state index contributed by atoms with van der Waals surface area (Å²) in [7, 11) is 1.40. The van der Waals surface area contributed by atoms with Crippen molar-refractivity contribution in [1.29, 1.82) is 0 Å². The lowest BCUT2D eigenvalue weighted by atomic mass is 9.85. The third kappa shape index (κ3) is 4.84. The molecule has 5 aromatic rings. The Morgan fingerprint density at radius 1 is 1.14 bits per heavy atom. The highest BCUT2D eigenvalue weighted by molar-refractivity contribution is 6.01. The predicted octanol–water partition coefficient (Wildman–Crippen LogP) is 6.21. The quantitative estimate of drug-likeness (QED) is 0.166. The number of carbonyl (C=O) groups excluding carboxylic acids is 1. The Hall–Kier alpha value is -4.84. The number of benzene rings is 2. The number of nitrogens with zero attached hydrogens (tertiary/aromatic N) is 4. The number of alkyl halides is 3. The van der Waals surface area contributed by atoms with Crippen LogP contribution in [0.1, 0.15) is 41.4 Å². The fraction of sp³-hybridized carbons (Fsp3) is 0.250. The Balaban J connectivity index is 1.44. The zero-order chi connectivity index (χ0) is 31.3. The molecule has 12 heteroatoms. The summed E-state index contributed by atoms with van der Waals surface area (Å²) in [4.78, 5) is 25.9. The lowest BCUT2D eigenvalue weighted by Gasteiger charge is -2.32. The van der Waals surface area contributed by atoms with E-state index < -0.39 is 47.5 Å². The monoisotopic (exact) mass is 606 g/mol. The van der Waals surface area contributed by atoms with Crippen LogP contribution < -0.4 is 9.47 Å². The molecule has 0 fully saturated rings. The molecular formula is C32H26F4N4O4. The number of aromatic nitrogens is 4. The highest BCUT2D eigenvalue weighted by Crippen LogP contribution is 2.49. The van der Waals surface area contributed by atoms with Gasteiger partial charge < -0.3 is 19.1 Å². The van der Waals surface area contributed by atoms with Gasteiger partial charge in [0.2, 0.25) is 5.60 Å². The molecule has 44 heavy (non-hydrogen) atoms. The van der Waals surface area contributed by atoms with Crippen molar-refractivity contribution in [2.24, 2.45) is 0 Å². The molecule has 2 aromatic carbocycles. The number of methoxy groups -OCH3 is 1. The average Bonchev–Trinajstić information content (AvgIpc) is 3.68. The van der Waals surface area contributed by atoms with E-state index in [0.717, 1.165) is 18.2 Å². The van der Waals surface area contributed by atoms with E-state index in [4.69, 9.17) is 9.47 Å². The van der Waals surface area contributed by atoms with Gasteiger partial charge in [0.1, 0.15) is 34.9 Å². The van der Waals surface area contributed by atoms with Gasteiger partial charge in [0, 0.05) is 47.1 Å². The standard InChI is InChI=1S/C32H26F4N4O4/c1-30(40-13-12-37-18-40)17-44-29-23(30)16-26(39-28(29)19-5-7-22(33)8-6-19)31(42,32(34,35)36)10-9-24(41)21-14-20-4-3-11-38-27(20)25(15-21)43-2/h3-8,11-16,18,42H,9-10,17H2,1-2H3/t30-,31-/m0/s1. The number of pyridine rings is 2. The van der Waals surface area contributed by atoms with Gasteiger partial charge in [-0.3, -0.25) is 9.78 Å². The Labute approximate surface area is 248 Å². The second-order valence-electron chi connectivity index (χ2n) is 10.8. The van der Waals surface area contributed by atoms with Crippen LogP contribution in [0, 0.1) is 5.82 Å². The summed E-state index contributed by atoms with van der Waals surface area (Å²) in [5.74, 6) is -0.685. The third-order valence-corrected chi connectivity index (χ3v) is 8.06. The lowest BCUT2D eigenvalue weighted by Crippen LogP contribution is -2.44. The molecular weight excluding hydrogens is 580 g/mol. The van der Waals surface area contributed by atoms with Crippen molar-refractivity contribution in [1.82, 2.24) is 19.5 Å². The number of carbonyl (C=O) groups is 1. The van der Waals surface area contributed by atoms with Gasteiger partial charge >= 0.3 is 6.18 Å². The summed E-state index contributed by atoms with van der Waals surface area (Å²) in [5.41, 5.74) is -4.02. The van der Waals surface area contributed by atoms with Crippen LogP contribution in [0.2, 0.25) is 0 Å². The van der Waals surface area contributed by atoms with Gasteiger partial charge in [-0.15, -0.1) is 0 Å². The van der Waals surface area contributed by atoms with E-state index in [9.17, 15) is 27.5 Å². The molecule has 0 amide bonds. The normalized spacial score (nSPS) is 17.6. The minimum atomic E-state index is -5.22. The first-order valence-corrected chi connectivity index (χ1v) is 13.6. The summed E-state index contributed by atoms with van der Waals surface area (Å²) in [6, 6.07) is 12.5. The van der Waals surface area contributed by atoms with E-state index in [1.807, 2.05) is 0 Å². The fourth-order valence-electron chi connectivity index (χ4n) is 5.48. The number of aliphatic hydroxyl groups is 1. The van der Waals surface area contributed by atoms with Crippen LogP contribution in [0.5, 0.6) is 11.5 Å². The lowest BCUT2D eigenvalue weighted by molar-refractivity contribution is -0.270. The highest BCUT2D eigenvalue weighted by Gasteiger charge is 2.57.